The number of carbonyl (C=O) groups excluding carboxylic acids is 2. The molecule has 5 aliphatic rings. The van der Waals surface area contributed by atoms with E-state index in [-0.39, 0.29) is 23.0 Å². The number of carbonyl (C=O) groups is 2. The van der Waals surface area contributed by atoms with Crippen LogP contribution in [0.4, 0.5) is 8.78 Å². The molecule has 4 nitrogen and oxygen atoms in total. The molecule has 30 heavy (non-hydrogen) atoms. The molecule has 6 heteroatoms. The van der Waals surface area contributed by atoms with E-state index in [1.54, 1.807) is 26.0 Å². The second-order valence-electron chi connectivity index (χ2n) is 10.4. The van der Waals surface area contributed by atoms with Crippen LogP contribution in [0, 0.1) is 22.7 Å². The van der Waals surface area contributed by atoms with Gasteiger partial charge in [-0.25, -0.2) is 8.78 Å². The Morgan fingerprint density at radius 1 is 1.23 bits per heavy atom. The number of hydrogen-bond donors (Lipinski definition) is 0. The zero-order valence-corrected chi connectivity index (χ0v) is 17.8. The van der Waals surface area contributed by atoms with Gasteiger partial charge in [0.05, 0.1) is 6.10 Å². The Morgan fingerprint density at radius 3 is 2.67 bits per heavy atom. The third-order valence-corrected chi connectivity index (χ3v) is 8.51. The normalized spacial score (nSPS) is 46.0. The van der Waals surface area contributed by atoms with Crippen molar-refractivity contribution in [3.63, 3.8) is 0 Å². The third-order valence-electron chi connectivity index (χ3n) is 8.51. The van der Waals surface area contributed by atoms with Gasteiger partial charge in [-0.1, -0.05) is 30.2 Å². The van der Waals surface area contributed by atoms with Crippen molar-refractivity contribution in [2.45, 2.75) is 77.3 Å². The van der Waals surface area contributed by atoms with Gasteiger partial charge in [0.25, 0.3) is 6.43 Å². The molecule has 1 saturated heterocycles. The van der Waals surface area contributed by atoms with E-state index in [9.17, 15) is 18.4 Å². The number of halogens is 2. The highest BCUT2D eigenvalue weighted by atomic mass is 19.3. The van der Waals surface area contributed by atoms with Crippen molar-refractivity contribution in [1.82, 2.24) is 0 Å². The van der Waals surface area contributed by atoms with Crippen molar-refractivity contribution in [3.8, 4) is 0 Å². The first-order valence-electron chi connectivity index (χ1n) is 10.8. The number of allylic oxidation sites excluding steroid dienone is 6. The number of Topliss-reactive ketones (excluding diaryl/α,β-unsaturated/α-hetero) is 1. The monoisotopic (exact) mass is 418 g/mol. The number of hydrogen-bond acceptors (Lipinski definition) is 4. The summed E-state index contributed by atoms with van der Waals surface area (Å²) in [6.07, 6.45) is 6.33. The van der Waals surface area contributed by atoms with Gasteiger partial charge in [-0.2, -0.15) is 0 Å². The Balaban J connectivity index is 1.61. The lowest BCUT2D eigenvalue weighted by atomic mass is 9.51. The van der Waals surface area contributed by atoms with E-state index < -0.39 is 35.1 Å². The van der Waals surface area contributed by atoms with Crippen LogP contribution in [0.15, 0.2) is 35.5 Å². The third kappa shape index (κ3) is 2.32. The summed E-state index contributed by atoms with van der Waals surface area (Å²) in [4.78, 5) is 24.9. The van der Waals surface area contributed by atoms with Crippen LogP contribution in [-0.2, 0) is 19.1 Å². The van der Waals surface area contributed by atoms with Crippen LogP contribution in [0.5, 0.6) is 0 Å². The number of ketones is 2. The van der Waals surface area contributed by atoms with Crippen molar-refractivity contribution in [3.05, 3.63) is 35.5 Å². The van der Waals surface area contributed by atoms with E-state index in [4.69, 9.17) is 9.47 Å². The van der Waals surface area contributed by atoms with Crippen molar-refractivity contribution >= 4 is 11.6 Å². The second kappa shape index (κ2) is 5.98. The van der Waals surface area contributed by atoms with E-state index in [0.717, 1.165) is 18.4 Å². The van der Waals surface area contributed by atoms with Crippen molar-refractivity contribution < 1.29 is 27.8 Å². The number of ether oxygens (including phenoxy) is 2. The summed E-state index contributed by atoms with van der Waals surface area (Å²) >= 11 is 0. The Bertz CT molecular complexity index is 931. The van der Waals surface area contributed by atoms with E-state index in [2.05, 4.69) is 13.0 Å². The first-order chi connectivity index (χ1) is 13.9. The summed E-state index contributed by atoms with van der Waals surface area (Å²) in [5.41, 5.74) is -0.362. The fraction of sp³-hybridized carbons (Fsp3) is 0.667. The minimum absolute atomic E-state index is 0.00528. The fourth-order valence-electron chi connectivity index (χ4n) is 7.23. The molecule has 1 heterocycles. The van der Waals surface area contributed by atoms with Gasteiger partial charge in [-0.15, -0.1) is 0 Å². The van der Waals surface area contributed by atoms with Gasteiger partial charge in [-0.3, -0.25) is 9.59 Å². The van der Waals surface area contributed by atoms with Crippen LogP contribution in [-0.4, -0.2) is 35.5 Å². The molecule has 0 radical (unpaired) electrons. The maximum absolute atomic E-state index is 13.8. The van der Waals surface area contributed by atoms with E-state index in [1.165, 1.54) is 5.57 Å². The standard InChI is InChI=1S/C24H28F2O4/c1-21(2)29-18-12-17-15-6-5-13-11-14(27)7-9-22(13,3)16(15)8-10-23(17,4)24(18,30-21)19(28)20(25)26/h7-9,11,15,17-18,20H,5-6,10,12H2,1-4H3/t15-,17+,18-,22+,23+,24+/m1/s1. The molecule has 5 rings (SSSR count). The lowest BCUT2D eigenvalue weighted by Crippen LogP contribution is -2.60. The number of alkyl halides is 2. The summed E-state index contributed by atoms with van der Waals surface area (Å²) < 4.78 is 39.8. The van der Waals surface area contributed by atoms with Crippen LogP contribution in [0.2, 0.25) is 0 Å². The largest absolute Gasteiger partial charge is 0.344 e. The smallest absolute Gasteiger partial charge is 0.299 e. The zero-order chi connectivity index (χ0) is 21.7. The minimum atomic E-state index is -3.10. The van der Waals surface area contributed by atoms with Crippen LogP contribution in [0.25, 0.3) is 0 Å². The average Bonchev–Trinajstić information content (AvgIpc) is 3.07. The molecule has 6 atom stereocenters. The van der Waals surface area contributed by atoms with E-state index in [0.29, 0.717) is 12.8 Å². The maximum atomic E-state index is 13.8. The highest BCUT2D eigenvalue weighted by Gasteiger charge is 2.76. The van der Waals surface area contributed by atoms with Crippen LogP contribution in [0.1, 0.15) is 53.4 Å². The molecule has 0 amide bonds. The molecule has 0 bridgehead atoms. The SMILES string of the molecule is CC1(C)O[C@@H]2C[C@H]3[C@@H]4CCC5=CC(=O)C=C[C@]5(C)C4=CC[C@]3(C)[C@]2(C(=O)C(F)F)O1. The average molecular weight is 418 g/mol. The van der Waals surface area contributed by atoms with Gasteiger partial charge >= 0.3 is 0 Å². The quantitative estimate of drug-likeness (QED) is 0.618. The van der Waals surface area contributed by atoms with Gasteiger partial charge < -0.3 is 9.47 Å². The molecular weight excluding hydrogens is 390 g/mol. The molecule has 162 valence electrons. The Kier molecular flexibility index (Phi) is 4.03. The lowest BCUT2D eigenvalue weighted by Gasteiger charge is -2.54. The predicted octanol–water partition coefficient (Wildman–Crippen LogP) is 4.55. The minimum Gasteiger partial charge on any atom is -0.344 e. The summed E-state index contributed by atoms with van der Waals surface area (Å²) in [6.45, 7) is 7.45. The topological polar surface area (TPSA) is 52.6 Å². The summed E-state index contributed by atoms with van der Waals surface area (Å²) in [5.74, 6) is -2.06. The van der Waals surface area contributed by atoms with E-state index in [1.807, 2.05) is 13.0 Å². The zero-order valence-electron chi connectivity index (χ0n) is 17.8. The van der Waals surface area contributed by atoms with Gasteiger partial charge in [0, 0.05) is 10.8 Å². The summed E-state index contributed by atoms with van der Waals surface area (Å²) in [6, 6.07) is 0. The summed E-state index contributed by atoms with van der Waals surface area (Å²) in [7, 11) is 0. The van der Waals surface area contributed by atoms with Crippen molar-refractivity contribution in [2.75, 3.05) is 0 Å². The molecule has 0 spiro atoms. The highest BCUT2D eigenvalue weighted by molar-refractivity contribution is 6.01. The first kappa shape index (κ1) is 20.3. The second-order valence-corrected chi connectivity index (χ2v) is 10.4. The van der Waals surface area contributed by atoms with Crippen molar-refractivity contribution in [1.29, 1.82) is 0 Å². The van der Waals surface area contributed by atoms with Gasteiger partial charge in [-0.05, 0) is 70.4 Å². The van der Waals surface area contributed by atoms with Gasteiger partial charge in [0.2, 0.25) is 5.78 Å². The first-order valence-corrected chi connectivity index (χ1v) is 10.8. The van der Waals surface area contributed by atoms with Crippen molar-refractivity contribution in [2.24, 2.45) is 22.7 Å². The van der Waals surface area contributed by atoms with E-state index >= 15 is 0 Å². The molecule has 0 unspecified atom stereocenters. The molecule has 0 N–H and O–H groups in total. The lowest BCUT2D eigenvalue weighted by molar-refractivity contribution is -0.209. The molecule has 4 aliphatic carbocycles. The molecule has 0 aromatic carbocycles. The van der Waals surface area contributed by atoms with Gasteiger partial charge in [0.1, 0.15) is 0 Å². The fourth-order valence-corrected chi connectivity index (χ4v) is 7.23. The highest BCUT2D eigenvalue weighted by Crippen LogP contribution is 2.69. The Labute approximate surface area is 175 Å². The Hall–Kier alpha value is -1.66. The molecule has 0 aromatic heterocycles. The van der Waals surface area contributed by atoms with Crippen LogP contribution in [0.3, 0.4) is 0 Å². The van der Waals surface area contributed by atoms with Gasteiger partial charge in [0.15, 0.2) is 17.2 Å². The number of rotatable bonds is 2. The van der Waals surface area contributed by atoms with Crippen LogP contribution < -0.4 is 0 Å². The predicted molar refractivity (Wildman–Crippen MR) is 106 cm³/mol. The van der Waals surface area contributed by atoms with Crippen LogP contribution >= 0.6 is 0 Å². The Morgan fingerprint density at radius 2 is 1.97 bits per heavy atom. The molecule has 1 aliphatic heterocycles. The molecular formula is C24H28F2O4. The molecule has 3 fully saturated rings. The summed E-state index contributed by atoms with van der Waals surface area (Å²) in [5, 5.41) is 0. The molecule has 2 saturated carbocycles. The molecule has 0 aromatic rings. The maximum Gasteiger partial charge on any atom is 0.299 e. The number of fused-ring (bicyclic) bond motifs is 7.